The number of ether oxygens (including phenoxy) is 1. The van der Waals surface area contributed by atoms with Gasteiger partial charge in [-0.05, 0) is 13.2 Å². The Morgan fingerprint density at radius 3 is 2.75 bits per heavy atom. The molecule has 3 heteroatoms. The highest BCUT2D eigenvalue weighted by Gasteiger charge is 2.32. The molecule has 2 unspecified atom stereocenters. The molecule has 0 aliphatic carbocycles. The number of rotatable bonds is 3. The van der Waals surface area contributed by atoms with Crippen molar-refractivity contribution >= 4 is 11.8 Å². The molecule has 1 aliphatic rings. The molecule has 48 valence electrons. The van der Waals surface area contributed by atoms with Crippen molar-refractivity contribution in [1.82, 2.24) is 5.32 Å². The molecule has 1 heterocycles. The molecule has 8 heavy (non-hydrogen) atoms. The fourth-order valence-corrected chi connectivity index (χ4v) is 0.896. The number of hydrogen-bond acceptors (Lipinski definition) is 3. The molecule has 0 spiro atoms. The van der Waals surface area contributed by atoms with Gasteiger partial charge >= 0.3 is 0 Å². The van der Waals surface area contributed by atoms with E-state index in [1.54, 1.807) is 11.8 Å². The van der Waals surface area contributed by atoms with Crippen molar-refractivity contribution in [2.75, 3.05) is 12.1 Å². The van der Waals surface area contributed by atoms with E-state index in [9.17, 15) is 0 Å². The highest BCUT2D eigenvalue weighted by molar-refractivity contribution is 7.98. The Balaban J connectivity index is 1.89. The van der Waals surface area contributed by atoms with Gasteiger partial charge in [-0.15, -0.1) is 11.8 Å². The van der Waals surface area contributed by atoms with Crippen molar-refractivity contribution in [2.45, 2.75) is 19.3 Å². The largest absolute Gasteiger partial charge is 0.354 e. The van der Waals surface area contributed by atoms with Gasteiger partial charge in [0.25, 0.3) is 0 Å². The lowest BCUT2D eigenvalue weighted by Gasteiger charge is -1.92. The summed E-state index contributed by atoms with van der Waals surface area (Å²) >= 11 is 1.78. The minimum atomic E-state index is 0.349. The molecule has 2 nitrogen and oxygen atoms in total. The lowest BCUT2D eigenvalue weighted by atomic mass is 10.5. The van der Waals surface area contributed by atoms with Gasteiger partial charge in [-0.1, -0.05) is 0 Å². The molecule has 1 fully saturated rings. The summed E-state index contributed by atoms with van der Waals surface area (Å²) in [6.45, 7) is 2.07. The van der Waals surface area contributed by atoms with Crippen LogP contribution in [0.2, 0.25) is 0 Å². The van der Waals surface area contributed by atoms with Gasteiger partial charge in [-0.25, -0.2) is 0 Å². The second-order valence-corrected chi connectivity index (χ2v) is 2.76. The third-order valence-electron chi connectivity index (χ3n) is 1.14. The fraction of sp³-hybridized carbons (Fsp3) is 1.00. The van der Waals surface area contributed by atoms with Crippen LogP contribution in [-0.4, -0.2) is 24.5 Å². The van der Waals surface area contributed by atoms with Crippen molar-refractivity contribution < 1.29 is 4.74 Å². The van der Waals surface area contributed by atoms with E-state index in [1.165, 1.54) is 0 Å². The van der Waals surface area contributed by atoms with Crippen LogP contribution in [0.25, 0.3) is 0 Å². The smallest absolute Gasteiger partial charge is 0.135 e. The summed E-state index contributed by atoms with van der Waals surface area (Å²) in [5.41, 5.74) is 0. The maximum atomic E-state index is 5.09. The van der Waals surface area contributed by atoms with Crippen LogP contribution in [-0.2, 0) is 4.74 Å². The molecule has 1 rings (SSSR count). The molecule has 1 saturated heterocycles. The Hall–Kier alpha value is 0.270. The summed E-state index contributed by atoms with van der Waals surface area (Å²) in [4.78, 5) is 0. The van der Waals surface area contributed by atoms with E-state index in [0.717, 1.165) is 5.88 Å². The Morgan fingerprint density at radius 1 is 1.75 bits per heavy atom. The van der Waals surface area contributed by atoms with E-state index in [-0.39, 0.29) is 0 Å². The zero-order valence-corrected chi connectivity index (χ0v) is 5.99. The van der Waals surface area contributed by atoms with E-state index in [2.05, 4.69) is 18.5 Å². The second kappa shape index (κ2) is 2.71. The van der Waals surface area contributed by atoms with E-state index < -0.39 is 0 Å². The molecule has 0 bridgehead atoms. The molecule has 1 N–H and O–H groups in total. The maximum absolute atomic E-state index is 5.09. The third-order valence-corrected chi connectivity index (χ3v) is 1.60. The fourth-order valence-electron chi connectivity index (χ4n) is 0.565. The highest BCUT2D eigenvalue weighted by atomic mass is 32.2. The Morgan fingerprint density at radius 2 is 2.38 bits per heavy atom. The number of nitrogens with one attached hydrogen (secondary N) is 1. The molecule has 2 atom stereocenters. The zero-order chi connectivity index (χ0) is 5.98. The molecule has 0 radical (unpaired) electrons. The molecule has 1 aliphatic heterocycles. The van der Waals surface area contributed by atoms with Gasteiger partial charge in [0, 0.05) is 5.88 Å². The minimum Gasteiger partial charge on any atom is -0.354 e. The normalized spacial score (nSPS) is 35.2. The number of epoxide rings is 1. The van der Waals surface area contributed by atoms with Crippen LogP contribution >= 0.6 is 11.8 Å². The Kier molecular flexibility index (Phi) is 2.16. The summed E-state index contributed by atoms with van der Waals surface area (Å²) in [5.74, 6) is 0.995. The first kappa shape index (κ1) is 6.39. The molecule has 0 aromatic carbocycles. The van der Waals surface area contributed by atoms with Crippen molar-refractivity contribution in [2.24, 2.45) is 0 Å². The van der Waals surface area contributed by atoms with Crippen LogP contribution in [0.15, 0.2) is 0 Å². The van der Waals surface area contributed by atoms with Crippen LogP contribution < -0.4 is 5.32 Å². The van der Waals surface area contributed by atoms with Crippen molar-refractivity contribution in [3.8, 4) is 0 Å². The first-order chi connectivity index (χ1) is 3.84. The molecular formula is C5H11NOS. The second-order valence-electron chi connectivity index (χ2n) is 1.90. The summed E-state index contributed by atoms with van der Waals surface area (Å²) in [5, 5.41) is 3.20. The van der Waals surface area contributed by atoms with E-state index in [1.807, 2.05) is 0 Å². The maximum Gasteiger partial charge on any atom is 0.135 e. The standard InChI is InChI=1S/C5H11NOS/c1-4-5(7-4)6-3-8-2/h4-6H,3H2,1-2H3. The topological polar surface area (TPSA) is 24.6 Å². The van der Waals surface area contributed by atoms with Gasteiger partial charge in [0.15, 0.2) is 0 Å². The van der Waals surface area contributed by atoms with Gasteiger partial charge in [-0.2, -0.15) is 0 Å². The molecular weight excluding hydrogens is 122 g/mol. The number of thioether (sulfide) groups is 1. The first-order valence-corrected chi connectivity index (χ1v) is 4.12. The monoisotopic (exact) mass is 133 g/mol. The van der Waals surface area contributed by atoms with Crippen molar-refractivity contribution in [3.05, 3.63) is 0 Å². The summed E-state index contributed by atoms with van der Waals surface area (Å²) < 4.78 is 5.09. The molecule has 0 saturated carbocycles. The number of hydrogen-bond donors (Lipinski definition) is 1. The van der Waals surface area contributed by atoms with Crippen molar-refractivity contribution in [1.29, 1.82) is 0 Å². The quantitative estimate of drug-likeness (QED) is 0.451. The predicted molar refractivity (Wildman–Crippen MR) is 35.9 cm³/mol. The first-order valence-electron chi connectivity index (χ1n) is 2.72. The van der Waals surface area contributed by atoms with Crippen LogP contribution in [0.1, 0.15) is 6.92 Å². The van der Waals surface area contributed by atoms with E-state index >= 15 is 0 Å². The summed E-state index contributed by atoms with van der Waals surface area (Å²) in [6.07, 6.45) is 2.87. The SMILES string of the molecule is CSCNC1OC1C. The summed E-state index contributed by atoms with van der Waals surface area (Å²) in [6, 6.07) is 0. The Labute approximate surface area is 54.0 Å². The molecule has 0 aromatic heterocycles. The van der Waals surface area contributed by atoms with E-state index in [0.29, 0.717) is 12.3 Å². The van der Waals surface area contributed by atoms with Gasteiger partial charge in [-0.3, -0.25) is 5.32 Å². The summed E-state index contributed by atoms with van der Waals surface area (Å²) in [7, 11) is 0. The van der Waals surface area contributed by atoms with Crippen LogP contribution in [0.5, 0.6) is 0 Å². The average molecular weight is 133 g/mol. The van der Waals surface area contributed by atoms with Gasteiger partial charge in [0.1, 0.15) is 6.23 Å². The zero-order valence-electron chi connectivity index (χ0n) is 5.18. The lowest BCUT2D eigenvalue weighted by Crippen LogP contribution is -2.17. The third kappa shape index (κ3) is 1.65. The van der Waals surface area contributed by atoms with Gasteiger partial charge in [0.2, 0.25) is 0 Å². The molecule has 0 amide bonds. The predicted octanol–water partition coefficient (Wildman–Crippen LogP) is 0.641. The van der Waals surface area contributed by atoms with Gasteiger partial charge in [0.05, 0.1) is 6.10 Å². The average Bonchev–Trinajstić information content (AvgIpc) is 2.42. The van der Waals surface area contributed by atoms with Crippen LogP contribution in [0.4, 0.5) is 0 Å². The highest BCUT2D eigenvalue weighted by Crippen LogP contribution is 2.17. The van der Waals surface area contributed by atoms with E-state index in [4.69, 9.17) is 4.74 Å². The minimum absolute atomic E-state index is 0.349. The van der Waals surface area contributed by atoms with Crippen molar-refractivity contribution in [3.63, 3.8) is 0 Å². The molecule has 0 aromatic rings. The van der Waals surface area contributed by atoms with Gasteiger partial charge < -0.3 is 4.74 Å². The van der Waals surface area contributed by atoms with Crippen LogP contribution in [0, 0.1) is 0 Å². The Bertz CT molecular complexity index is 78.8. The van der Waals surface area contributed by atoms with Crippen LogP contribution in [0.3, 0.4) is 0 Å². The lowest BCUT2D eigenvalue weighted by molar-refractivity contribution is 0.359.